The Balaban J connectivity index is 2.16. The molecule has 0 spiro atoms. The van der Waals surface area contributed by atoms with Crippen LogP contribution in [0, 0.1) is 6.92 Å². The number of nitrogens with zero attached hydrogens (tertiary/aromatic N) is 2. The monoisotopic (exact) mass is 407 g/mol. The van der Waals surface area contributed by atoms with Gasteiger partial charge in [0.1, 0.15) is 5.82 Å². The Bertz CT molecular complexity index is 1040. The van der Waals surface area contributed by atoms with Crippen molar-refractivity contribution in [2.75, 3.05) is 5.32 Å². The van der Waals surface area contributed by atoms with E-state index in [1.54, 1.807) is 30.3 Å². The smallest absolute Gasteiger partial charge is 0.268 e. The topological polar surface area (TPSA) is 81.1 Å². The lowest BCUT2D eigenvalue weighted by Gasteiger charge is -2.08. The molecule has 0 aliphatic rings. The number of halogens is 1. The van der Waals surface area contributed by atoms with Gasteiger partial charge in [-0.3, -0.25) is 4.79 Å². The van der Waals surface area contributed by atoms with E-state index in [-0.39, 0.29) is 10.8 Å². The molecule has 0 saturated carbocycles. The first kappa shape index (κ1) is 16.7. The summed E-state index contributed by atoms with van der Waals surface area (Å²) in [6.45, 7) is 3.28. The minimum Gasteiger partial charge on any atom is -0.311 e. The molecule has 3 aromatic rings. The van der Waals surface area contributed by atoms with Crippen molar-refractivity contribution in [2.24, 2.45) is 0 Å². The van der Waals surface area contributed by atoms with Crippen LogP contribution in [0.1, 0.15) is 12.5 Å². The fraction of sp³-hybridized carbons (Fsp3) is 0.125. The van der Waals surface area contributed by atoms with Gasteiger partial charge in [0.2, 0.25) is 5.91 Å². The molecule has 8 heteroatoms. The lowest BCUT2D eigenvalue weighted by Crippen LogP contribution is -2.12. The third-order valence-corrected chi connectivity index (χ3v) is 5.81. The average Bonchev–Trinajstić information content (AvgIpc) is 2.85. The molecule has 1 N–H and O–H groups in total. The van der Waals surface area contributed by atoms with Gasteiger partial charge in [-0.25, -0.2) is 17.4 Å². The molecule has 2 heterocycles. The molecule has 0 saturated heterocycles. The predicted molar refractivity (Wildman–Crippen MR) is 95.5 cm³/mol. The summed E-state index contributed by atoms with van der Waals surface area (Å²) in [5.74, 6) is 0.117. The second-order valence-corrected chi connectivity index (χ2v) is 8.03. The molecular weight excluding hydrogens is 394 g/mol. The zero-order valence-electron chi connectivity index (χ0n) is 12.9. The summed E-state index contributed by atoms with van der Waals surface area (Å²) in [6.07, 6.45) is 2.91. The summed E-state index contributed by atoms with van der Waals surface area (Å²) in [5.41, 5.74) is 1.41. The van der Waals surface area contributed by atoms with Crippen LogP contribution >= 0.6 is 15.9 Å². The molecule has 2 aromatic heterocycles. The van der Waals surface area contributed by atoms with Crippen molar-refractivity contribution in [3.05, 3.63) is 52.8 Å². The van der Waals surface area contributed by atoms with Crippen molar-refractivity contribution in [3.63, 3.8) is 0 Å². The van der Waals surface area contributed by atoms with Gasteiger partial charge in [-0.15, -0.1) is 0 Å². The fourth-order valence-corrected chi connectivity index (χ4v) is 4.34. The lowest BCUT2D eigenvalue weighted by atomic mass is 10.2. The molecule has 0 radical (unpaired) electrons. The van der Waals surface area contributed by atoms with E-state index in [0.29, 0.717) is 21.2 Å². The van der Waals surface area contributed by atoms with Crippen LogP contribution in [0.4, 0.5) is 5.82 Å². The van der Waals surface area contributed by atoms with Crippen LogP contribution in [0.25, 0.3) is 10.9 Å². The van der Waals surface area contributed by atoms with Crippen LogP contribution in [-0.2, 0) is 14.8 Å². The number of carbonyl (C=O) groups is 1. The maximum Gasteiger partial charge on any atom is 0.268 e. The number of pyridine rings is 1. The molecule has 1 amide bonds. The van der Waals surface area contributed by atoms with Gasteiger partial charge in [0, 0.05) is 23.0 Å². The van der Waals surface area contributed by atoms with Crippen molar-refractivity contribution in [3.8, 4) is 0 Å². The Labute approximate surface area is 147 Å². The number of nitrogens with one attached hydrogen (secondary N) is 1. The van der Waals surface area contributed by atoms with E-state index in [1.807, 2.05) is 6.92 Å². The van der Waals surface area contributed by atoms with Crippen molar-refractivity contribution < 1.29 is 13.2 Å². The maximum absolute atomic E-state index is 12.9. The van der Waals surface area contributed by atoms with E-state index >= 15 is 0 Å². The number of hydrogen-bond donors (Lipinski definition) is 1. The van der Waals surface area contributed by atoms with Gasteiger partial charge in [-0.1, -0.05) is 17.7 Å². The first-order valence-electron chi connectivity index (χ1n) is 7.05. The minimum atomic E-state index is -3.74. The first-order valence-corrected chi connectivity index (χ1v) is 9.29. The molecule has 24 heavy (non-hydrogen) atoms. The number of aromatic nitrogens is 2. The average molecular weight is 408 g/mol. The van der Waals surface area contributed by atoms with Crippen LogP contribution in [0.15, 0.2) is 52.1 Å². The number of anilines is 1. The molecule has 0 aliphatic heterocycles. The molecule has 3 rings (SSSR count). The lowest BCUT2D eigenvalue weighted by molar-refractivity contribution is -0.114. The van der Waals surface area contributed by atoms with Gasteiger partial charge >= 0.3 is 0 Å². The van der Waals surface area contributed by atoms with Gasteiger partial charge < -0.3 is 5.32 Å². The Morgan fingerprint density at radius 3 is 2.54 bits per heavy atom. The number of fused-ring (bicyclic) bond motifs is 1. The van der Waals surface area contributed by atoms with Crippen LogP contribution in [0.5, 0.6) is 0 Å². The van der Waals surface area contributed by atoms with Gasteiger partial charge in [-0.2, -0.15) is 0 Å². The third-order valence-electron chi connectivity index (χ3n) is 3.49. The molecule has 0 atom stereocenters. The number of hydrogen-bond acceptors (Lipinski definition) is 4. The van der Waals surface area contributed by atoms with Gasteiger partial charge in [0.15, 0.2) is 0 Å². The molecule has 124 valence electrons. The second-order valence-electron chi connectivity index (χ2n) is 5.36. The zero-order chi connectivity index (χ0) is 17.5. The molecule has 1 aromatic carbocycles. The van der Waals surface area contributed by atoms with E-state index in [2.05, 4.69) is 26.2 Å². The molecule has 0 bridgehead atoms. The minimum absolute atomic E-state index is 0.198. The van der Waals surface area contributed by atoms with Crippen LogP contribution in [0.3, 0.4) is 0 Å². The highest BCUT2D eigenvalue weighted by atomic mass is 79.9. The quantitative estimate of drug-likeness (QED) is 0.721. The van der Waals surface area contributed by atoms with Crippen LogP contribution in [-0.4, -0.2) is 23.3 Å². The van der Waals surface area contributed by atoms with E-state index in [4.69, 9.17) is 0 Å². The first-order chi connectivity index (χ1) is 11.3. The summed E-state index contributed by atoms with van der Waals surface area (Å²) in [4.78, 5) is 15.4. The Morgan fingerprint density at radius 2 is 1.92 bits per heavy atom. The zero-order valence-corrected chi connectivity index (χ0v) is 15.3. The van der Waals surface area contributed by atoms with E-state index in [1.165, 1.54) is 23.3 Å². The second kappa shape index (κ2) is 6.03. The highest BCUT2D eigenvalue weighted by Gasteiger charge is 2.21. The maximum atomic E-state index is 12.9. The number of aryl methyl sites for hydroxylation is 1. The highest BCUT2D eigenvalue weighted by molar-refractivity contribution is 9.10. The van der Waals surface area contributed by atoms with E-state index in [9.17, 15) is 13.2 Å². The Hall–Kier alpha value is -2.19. The van der Waals surface area contributed by atoms with E-state index < -0.39 is 10.0 Å². The highest BCUT2D eigenvalue weighted by Crippen LogP contribution is 2.30. The van der Waals surface area contributed by atoms with Crippen molar-refractivity contribution in [1.82, 2.24) is 8.96 Å². The predicted octanol–water partition coefficient (Wildman–Crippen LogP) is 3.30. The summed E-state index contributed by atoms with van der Waals surface area (Å²) < 4.78 is 27.5. The van der Waals surface area contributed by atoms with Crippen molar-refractivity contribution in [1.29, 1.82) is 0 Å². The summed E-state index contributed by atoms with van der Waals surface area (Å²) >= 11 is 3.37. The molecular formula is C16H14BrN3O3S. The molecule has 0 aliphatic carbocycles. The SMILES string of the molecule is CC(=O)Nc1cc2c(Br)cn(S(=O)(=O)c3ccc(C)cc3)c2cn1. The summed E-state index contributed by atoms with van der Waals surface area (Å²) in [6, 6.07) is 8.27. The standard InChI is InChI=1S/C16H14BrN3O3S/c1-10-3-5-12(6-4-10)24(22,23)20-9-14(17)13-7-16(19-11(2)21)18-8-15(13)20/h3-9H,1-2H3,(H,18,19,21). The molecule has 6 nitrogen and oxygen atoms in total. The van der Waals surface area contributed by atoms with Gasteiger partial charge in [0.05, 0.1) is 16.6 Å². The molecule has 0 unspecified atom stereocenters. The largest absolute Gasteiger partial charge is 0.311 e. The van der Waals surface area contributed by atoms with Gasteiger partial charge in [0.25, 0.3) is 10.0 Å². The normalized spacial score (nSPS) is 11.6. The van der Waals surface area contributed by atoms with E-state index in [0.717, 1.165) is 5.56 Å². The fourth-order valence-electron chi connectivity index (χ4n) is 2.33. The number of amides is 1. The number of benzene rings is 1. The Kier molecular flexibility index (Phi) is 4.18. The number of rotatable bonds is 3. The van der Waals surface area contributed by atoms with Crippen molar-refractivity contribution in [2.45, 2.75) is 18.7 Å². The van der Waals surface area contributed by atoms with Crippen molar-refractivity contribution >= 4 is 48.6 Å². The van der Waals surface area contributed by atoms with Gasteiger partial charge in [-0.05, 0) is 41.1 Å². The van der Waals surface area contributed by atoms with Crippen LogP contribution < -0.4 is 5.32 Å². The third kappa shape index (κ3) is 2.94. The number of carbonyl (C=O) groups excluding carboxylic acids is 1. The summed E-state index contributed by atoms with van der Waals surface area (Å²) in [5, 5.41) is 3.22. The molecule has 0 fully saturated rings. The van der Waals surface area contributed by atoms with Crippen LogP contribution in [0.2, 0.25) is 0 Å². The Morgan fingerprint density at radius 1 is 1.25 bits per heavy atom. The summed E-state index contributed by atoms with van der Waals surface area (Å²) in [7, 11) is -3.74.